The molecule has 0 amide bonds. The molecule has 2 rings (SSSR count). The second-order valence-corrected chi connectivity index (χ2v) is 7.53. The fourth-order valence-corrected chi connectivity index (χ4v) is 4.40. The standard InChI is InChI=1S/C14H21BrOS/c1-10(2)11-3-6-14(16,7-4-11)9-13-12(15)5-8-17-13/h5,8,10-11,16H,3-4,6-7,9H2,1-2H3. The van der Waals surface area contributed by atoms with E-state index in [0.29, 0.717) is 0 Å². The molecule has 0 aromatic carbocycles. The van der Waals surface area contributed by atoms with Crippen LogP contribution in [-0.4, -0.2) is 10.7 Å². The summed E-state index contributed by atoms with van der Waals surface area (Å²) in [5.74, 6) is 1.56. The lowest BCUT2D eigenvalue weighted by Crippen LogP contribution is -2.37. The molecule has 1 saturated carbocycles. The van der Waals surface area contributed by atoms with Crippen LogP contribution in [0.3, 0.4) is 0 Å². The quantitative estimate of drug-likeness (QED) is 0.862. The number of aliphatic hydroxyl groups is 1. The Morgan fingerprint density at radius 1 is 1.47 bits per heavy atom. The fraction of sp³-hybridized carbons (Fsp3) is 0.714. The van der Waals surface area contributed by atoms with E-state index in [9.17, 15) is 5.11 Å². The zero-order valence-electron chi connectivity index (χ0n) is 10.6. The first kappa shape index (κ1) is 13.6. The zero-order chi connectivity index (χ0) is 12.5. The van der Waals surface area contributed by atoms with Crippen LogP contribution in [0.4, 0.5) is 0 Å². The second kappa shape index (κ2) is 5.41. The third-order valence-corrected chi connectivity index (χ3v) is 6.01. The van der Waals surface area contributed by atoms with Crippen molar-refractivity contribution in [3.05, 3.63) is 20.8 Å². The monoisotopic (exact) mass is 316 g/mol. The Morgan fingerprint density at radius 2 is 2.12 bits per heavy atom. The summed E-state index contributed by atoms with van der Waals surface area (Å²) in [5, 5.41) is 12.7. The van der Waals surface area contributed by atoms with Gasteiger partial charge in [-0.15, -0.1) is 11.3 Å². The van der Waals surface area contributed by atoms with E-state index in [1.54, 1.807) is 11.3 Å². The van der Waals surface area contributed by atoms with Crippen molar-refractivity contribution in [2.75, 3.05) is 0 Å². The predicted octanol–water partition coefficient (Wildman–Crippen LogP) is 4.63. The Morgan fingerprint density at radius 3 is 2.59 bits per heavy atom. The lowest BCUT2D eigenvalue weighted by Gasteiger charge is -2.37. The van der Waals surface area contributed by atoms with Gasteiger partial charge in [-0.25, -0.2) is 0 Å². The SMILES string of the molecule is CC(C)C1CCC(O)(Cc2sccc2Br)CC1. The largest absolute Gasteiger partial charge is 0.390 e. The van der Waals surface area contributed by atoms with Gasteiger partial charge in [-0.05, 0) is 64.9 Å². The summed E-state index contributed by atoms with van der Waals surface area (Å²) in [6, 6.07) is 2.07. The number of halogens is 1. The minimum absolute atomic E-state index is 0.460. The molecule has 0 radical (unpaired) electrons. The number of hydrogen-bond acceptors (Lipinski definition) is 2. The third kappa shape index (κ3) is 3.33. The summed E-state index contributed by atoms with van der Waals surface area (Å²) in [6.07, 6.45) is 5.09. The van der Waals surface area contributed by atoms with Crippen molar-refractivity contribution in [1.29, 1.82) is 0 Å². The molecule has 0 bridgehead atoms. The minimum atomic E-state index is -0.460. The Balaban J connectivity index is 1.96. The first-order valence-electron chi connectivity index (χ1n) is 6.44. The van der Waals surface area contributed by atoms with Crippen molar-refractivity contribution in [3.63, 3.8) is 0 Å². The normalized spacial score (nSPS) is 29.8. The highest BCUT2D eigenvalue weighted by Gasteiger charge is 2.34. The van der Waals surface area contributed by atoms with Crippen molar-refractivity contribution in [2.24, 2.45) is 11.8 Å². The molecule has 1 fully saturated rings. The van der Waals surface area contributed by atoms with Crippen LogP contribution in [0.1, 0.15) is 44.4 Å². The van der Waals surface area contributed by atoms with Gasteiger partial charge < -0.3 is 5.11 Å². The van der Waals surface area contributed by atoms with Crippen molar-refractivity contribution < 1.29 is 5.11 Å². The molecule has 1 aliphatic rings. The summed E-state index contributed by atoms with van der Waals surface area (Å²) < 4.78 is 1.15. The van der Waals surface area contributed by atoms with Crippen LogP contribution in [0.5, 0.6) is 0 Å². The molecular formula is C14H21BrOS. The Labute approximate surface area is 116 Å². The van der Waals surface area contributed by atoms with Gasteiger partial charge in [0.05, 0.1) is 5.60 Å². The van der Waals surface area contributed by atoms with E-state index in [1.165, 1.54) is 17.7 Å². The summed E-state index contributed by atoms with van der Waals surface area (Å²) in [6.45, 7) is 4.59. The first-order valence-corrected chi connectivity index (χ1v) is 8.12. The molecule has 1 N–H and O–H groups in total. The van der Waals surface area contributed by atoms with Crippen LogP contribution in [0.25, 0.3) is 0 Å². The van der Waals surface area contributed by atoms with Gasteiger partial charge in [0.15, 0.2) is 0 Å². The maximum Gasteiger partial charge on any atom is 0.0696 e. The summed E-state index contributed by atoms with van der Waals surface area (Å²) in [5.41, 5.74) is -0.460. The van der Waals surface area contributed by atoms with Crippen molar-refractivity contribution in [3.8, 4) is 0 Å². The van der Waals surface area contributed by atoms with Crippen LogP contribution >= 0.6 is 27.3 Å². The summed E-state index contributed by atoms with van der Waals surface area (Å²) in [4.78, 5) is 1.29. The van der Waals surface area contributed by atoms with Crippen LogP contribution in [0.15, 0.2) is 15.9 Å². The number of hydrogen-bond donors (Lipinski definition) is 1. The lowest BCUT2D eigenvalue weighted by atomic mass is 9.73. The Hall–Kier alpha value is 0.140. The van der Waals surface area contributed by atoms with E-state index < -0.39 is 5.60 Å². The molecule has 1 aromatic heterocycles. The van der Waals surface area contributed by atoms with Crippen molar-refractivity contribution >= 4 is 27.3 Å². The van der Waals surface area contributed by atoms with Gasteiger partial charge in [-0.2, -0.15) is 0 Å². The highest BCUT2D eigenvalue weighted by Crippen LogP contribution is 2.39. The maximum atomic E-state index is 10.7. The maximum absolute atomic E-state index is 10.7. The Bertz CT molecular complexity index is 364. The van der Waals surface area contributed by atoms with E-state index in [4.69, 9.17) is 0 Å². The molecule has 1 aromatic rings. The van der Waals surface area contributed by atoms with Gasteiger partial charge in [-0.3, -0.25) is 0 Å². The van der Waals surface area contributed by atoms with Crippen LogP contribution < -0.4 is 0 Å². The van der Waals surface area contributed by atoms with Gasteiger partial charge in [0.2, 0.25) is 0 Å². The van der Waals surface area contributed by atoms with Crippen LogP contribution in [0.2, 0.25) is 0 Å². The molecule has 0 aliphatic heterocycles. The zero-order valence-corrected chi connectivity index (χ0v) is 13.0. The van der Waals surface area contributed by atoms with Gasteiger partial charge in [0.25, 0.3) is 0 Å². The topological polar surface area (TPSA) is 20.2 Å². The van der Waals surface area contributed by atoms with E-state index >= 15 is 0 Å². The average Bonchev–Trinajstić information content (AvgIpc) is 2.64. The predicted molar refractivity (Wildman–Crippen MR) is 77.5 cm³/mol. The second-order valence-electron chi connectivity index (χ2n) is 5.67. The van der Waals surface area contributed by atoms with E-state index in [0.717, 1.165) is 35.6 Å². The molecule has 17 heavy (non-hydrogen) atoms. The summed E-state index contributed by atoms with van der Waals surface area (Å²) >= 11 is 5.29. The fourth-order valence-electron chi connectivity index (χ4n) is 2.77. The molecule has 0 unspecified atom stereocenters. The van der Waals surface area contributed by atoms with Gasteiger partial charge in [0.1, 0.15) is 0 Å². The molecule has 1 aliphatic carbocycles. The molecule has 1 nitrogen and oxygen atoms in total. The molecule has 3 heteroatoms. The van der Waals surface area contributed by atoms with Gasteiger partial charge in [-0.1, -0.05) is 13.8 Å². The highest BCUT2D eigenvalue weighted by atomic mass is 79.9. The van der Waals surface area contributed by atoms with Crippen LogP contribution in [0, 0.1) is 11.8 Å². The van der Waals surface area contributed by atoms with E-state index in [1.807, 2.05) is 0 Å². The highest BCUT2D eigenvalue weighted by molar-refractivity contribution is 9.10. The smallest absolute Gasteiger partial charge is 0.0696 e. The lowest BCUT2D eigenvalue weighted by molar-refractivity contribution is -0.0141. The van der Waals surface area contributed by atoms with Gasteiger partial charge in [0, 0.05) is 15.8 Å². The Kier molecular flexibility index (Phi) is 4.32. The minimum Gasteiger partial charge on any atom is -0.390 e. The van der Waals surface area contributed by atoms with Crippen LogP contribution in [-0.2, 0) is 6.42 Å². The molecule has 1 heterocycles. The van der Waals surface area contributed by atoms with Crippen molar-refractivity contribution in [2.45, 2.75) is 51.6 Å². The number of thiophene rings is 1. The molecule has 96 valence electrons. The average molecular weight is 317 g/mol. The molecule has 0 saturated heterocycles. The number of rotatable bonds is 3. The molecule has 0 spiro atoms. The van der Waals surface area contributed by atoms with E-state index in [2.05, 4.69) is 41.2 Å². The molecule has 0 atom stereocenters. The van der Waals surface area contributed by atoms with Crippen molar-refractivity contribution in [1.82, 2.24) is 0 Å². The first-order chi connectivity index (χ1) is 8.00. The summed E-state index contributed by atoms with van der Waals surface area (Å²) in [7, 11) is 0. The van der Waals surface area contributed by atoms with Gasteiger partial charge >= 0.3 is 0 Å². The van der Waals surface area contributed by atoms with E-state index in [-0.39, 0.29) is 0 Å². The molecular weight excluding hydrogens is 296 g/mol. The third-order valence-electron chi connectivity index (χ3n) is 4.08.